The highest BCUT2D eigenvalue weighted by molar-refractivity contribution is 4.67. The summed E-state index contributed by atoms with van der Waals surface area (Å²) in [5, 5.41) is 1.72. The van der Waals surface area contributed by atoms with E-state index in [9.17, 15) is 0 Å². The van der Waals surface area contributed by atoms with Gasteiger partial charge in [0.05, 0.1) is 19.3 Å². The van der Waals surface area contributed by atoms with Gasteiger partial charge in [0.15, 0.2) is 0 Å². The normalized spacial score (nSPS) is 19.6. The molecule has 0 saturated heterocycles. The Balaban J connectivity index is 2.32. The van der Waals surface area contributed by atoms with Crippen LogP contribution in [0.15, 0.2) is 0 Å². The molecule has 0 aliphatic heterocycles. The Hall–Kier alpha value is -0.120. The molecule has 0 amide bonds. The molecule has 1 fully saturated rings. The molecule has 13 heavy (non-hydrogen) atoms. The van der Waals surface area contributed by atoms with Crippen molar-refractivity contribution in [1.29, 1.82) is 0 Å². The van der Waals surface area contributed by atoms with Crippen molar-refractivity contribution >= 4 is 0 Å². The largest absolute Gasteiger partial charge is 0.274 e. The van der Waals surface area contributed by atoms with E-state index in [1.807, 2.05) is 13.8 Å². The molecule has 0 radical (unpaired) electrons. The van der Waals surface area contributed by atoms with Gasteiger partial charge in [-0.3, -0.25) is 9.68 Å². The van der Waals surface area contributed by atoms with Crippen molar-refractivity contribution in [3.8, 4) is 0 Å². The van der Waals surface area contributed by atoms with Crippen LogP contribution in [0.1, 0.15) is 46.0 Å². The molecule has 0 atom stereocenters. The van der Waals surface area contributed by atoms with Crippen LogP contribution in [-0.4, -0.2) is 24.5 Å². The first-order valence-electron chi connectivity index (χ1n) is 5.43. The Kier molecular flexibility index (Phi) is 5.35. The van der Waals surface area contributed by atoms with Crippen LogP contribution >= 0.6 is 0 Å². The fourth-order valence-electron chi connectivity index (χ4n) is 1.79. The minimum atomic E-state index is 0.480. The molecule has 0 bridgehead atoms. The molecular weight excluding hydrogens is 166 g/mol. The van der Waals surface area contributed by atoms with Crippen LogP contribution in [0.25, 0.3) is 0 Å². The van der Waals surface area contributed by atoms with Crippen LogP contribution in [0.2, 0.25) is 0 Å². The summed E-state index contributed by atoms with van der Waals surface area (Å²) in [5.74, 6) is 0. The van der Waals surface area contributed by atoms with Crippen LogP contribution in [0, 0.1) is 0 Å². The van der Waals surface area contributed by atoms with Crippen LogP contribution in [0.5, 0.6) is 0 Å². The number of rotatable bonds is 5. The zero-order valence-electron chi connectivity index (χ0n) is 8.79. The Morgan fingerprint density at radius 1 is 1.00 bits per heavy atom. The fourth-order valence-corrected chi connectivity index (χ4v) is 1.79. The molecule has 3 nitrogen and oxygen atoms in total. The first-order valence-corrected chi connectivity index (χ1v) is 5.43. The lowest BCUT2D eigenvalue weighted by Crippen LogP contribution is -2.36. The highest BCUT2D eigenvalue weighted by atomic mass is 16.9. The molecule has 3 heteroatoms. The topological polar surface area (TPSA) is 21.7 Å². The molecule has 0 unspecified atom stereocenters. The average Bonchev–Trinajstić information content (AvgIpc) is 2.19. The van der Waals surface area contributed by atoms with Crippen LogP contribution in [0.4, 0.5) is 0 Å². The van der Waals surface area contributed by atoms with E-state index in [2.05, 4.69) is 0 Å². The van der Waals surface area contributed by atoms with E-state index < -0.39 is 0 Å². The minimum absolute atomic E-state index is 0.480. The Morgan fingerprint density at radius 3 is 2.00 bits per heavy atom. The van der Waals surface area contributed by atoms with Crippen LogP contribution in [0.3, 0.4) is 0 Å². The maximum atomic E-state index is 5.43. The van der Waals surface area contributed by atoms with Crippen LogP contribution in [-0.2, 0) is 9.68 Å². The van der Waals surface area contributed by atoms with Gasteiger partial charge in [-0.2, -0.15) is 0 Å². The number of hydrogen-bond donors (Lipinski definition) is 0. The van der Waals surface area contributed by atoms with E-state index >= 15 is 0 Å². The first-order chi connectivity index (χ1) is 6.38. The van der Waals surface area contributed by atoms with Crippen molar-refractivity contribution in [3.63, 3.8) is 0 Å². The highest BCUT2D eigenvalue weighted by Crippen LogP contribution is 2.22. The average molecular weight is 187 g/mol. The van der Waals surface area contributed by atoms with Gasteiger partial charge >= 0.3 is 0 Å². The van der Waals surface area contributed by atoms with Crippen LogP contribution < -0.4 is 0 Å². The van der Waals surface area contributed by atoms with Crippen molar-refractivity contribution in [2.45, 2.75) is 52.0 Å². The summed E-state index contributed by atoms with van der Waals surface area (Å²) in [6.07, 6.45) is 6.39. The molecule has 0 aromatic carbocycles. The van der Waals surface area contributed by atoms with Gasteiger partial charge in [-0.25, -0.2) is 0 Å². The maximum Gasteiger partial charge on any atom is 0.0683 e. The van der Waals surface area contributed by atoms with Crippen molar-refractivity contribution in [2.24, 2.45) is 0 Å². The smallest absolute Gasteiger partial charge is 0.0683 e. The lowest BCUT2D eigenvalue weighted by molar-refractivity contribution is -0.387. The molecule has 1 aliphatic carbocycles. The summed E-state index contributed by atoms with van der Waals surface area (Å²) in [7, 11) is 0. The van der Waals surface area contributed by atoms with E-state index in [1.165, 1.54) is 32.1 Å². The first kappa shape index (κ1) is 11.0. The molecule has 0 N–H and O–H groups in total. The SMILES string of the molecule is CCON(OCC)C1CCCCC1. The lowest BCUT2D eigenvalue weighted by atomic mass is 9.96. The van der Waals surface area contributed by atoms with Gasteiger partial charge in [0.2, 0.25) is 0 Å². The molecule has 0 aromatic rings. The quantitative estimate of drug-likeness (QED) is 0.617. The van der Waals surface area contributed by atoms with Gasteiger partial charge in [-0.15, -0.1) is 0 Å². The summed E-state index contributed by atoms with van der Waals surface area (Å²) in [6.45, 7) is 5.37. The minimum Gasteiger partial charge on any atom is -0.274 e. The third-order valence-corrected chi connectivity index (χ3v) is 2.39. The van der Waals surface area contributed by atoms with E-state index in [0.717, 1.165) is 0 Å². The highest BCUT2D eigenvalue weighted by Gasteiger charge is 2.21. The summed E-state index contributed by atoms with van der Waals surface area (Å²) >= 11 is 0. The van der Waals surface area contributed by atoms with Gasteiger partial charge in [0.25, 0.3) is 0 Å². The number of hydroxylamine groups is 2. The lowest BCUT2D eigenvalue weighted by Gasteiger charge is -2.31. The van der Waals surface area contributed by atoms with Gasteiger partial charge in [-0.1, -0.05) is 24.5 Å². The fraction of sp³-hybridized carbons (Fsp3) is 1.00. The second-order valence-electron chi connectivity index (χ2n) is 3.41. The van der Waals surface area contributed by atoms with Gasteiger partial charge in [0, 0.05) is 0 Å². The summed E-state index contributed by atoms with van der Waals surface area (Å²) < 4.78 is 0. The molecule has 1 aliphatic rings. The van der Waals surface area contributed by atoms with E-state index in [1.54, 1.807) is 5.23 Å². The van der Waals surface area contributed by atoms with Crippen molar-refractivity contribution in [1.82, 2.24) is 5.23 Å². The zero-order valence-corrected chi connectivity index (χ0v) is 8.79. The number of nitrogens with zero attached hydrogens (tertiary/aromatic N) is 1. The maximum absolute atomic E-state index is 5.43. The standard InChI is InChI=1S/C10H21NO2/c1-3-12-11(13-4-2)10-8-6-5-7-9-10/h10H,3-9H2,1-2H3. The third-order valence-electron chi connectivity index (χ3n) is 2.39. The molecule has 1 saturated carbocycles. The van der Waals surface area contributed by atoms with E-state index in [0.29, 0.717) is 19.3 Å². The second-order valence-corrected chi connectivity index (χ2v) is 3.41. The Labute approximate surface area is 80.9 Å². The molecule has 0 aromatic heterocycles. The van der Waals surface area contributed by atoms with Gasteiger partial charge in [-0.05, 0) is 26.7 Å². The monoisotopic (exact) mass is 187 g/mol. The summed E-state index contributed by atoms with van der Waals surface area (Å²) in [5.41, 5.74) is 0. The zero-order chi connectivity index (χ0) is 9.52. The Bertz CT molecular complexity index is 118. The second kappa shape index (κ2) is 6.35. The molecule has 0 heterocycles. The summed E-state index contributed by atoms with van der Waals surface area (Å²) in [6, 6.07) is 0.480. The van der Waals surface area contributed by atoms with Crippen molar-refractivity contribution in [3.05, 3.63) is 0 Å². The molecule has 0 spiro atoms. The van der Waals surface area contributed by atoms with Gasteiger partial charge in [0.1, 0.15) is 0 Å². The molecule has 78 valence electrons. The molecule has 1 rings (SSSR count). The number of hydrogen-bond acceptors (Lipinski definition) is 3. The van der Waals surface area contributed by atoms with Crippen molar-refractivity contribution < 1.29 is 9.68 Å². The predicted molar refractivity (Wildman–Crippen MR) is 52.0 cm³/mol. The predicted octanol–water partition coefficient (Wildman–Crippen LogP) is 2.52. The Morgan fingerprint density at radius 2 is 1.54 bits per heavy atom. The van der Waals surface area contributed by atoms with Crippen molar-refractivity contribution in [2.75, 3.05) is 13.2 Å². The van der Waals surface area contributed by atoms with E-state index in [4.69, 9.17) is 9.68 Å². The third kappa shape index (κ3) is 3.63. The molecular formula is C10H21NO2. The van der Waals surface area contributed by atoms with E-state index in [-0.39, 0.29) is 0 Å². The summed E-state index contributed by atoms with van der Waals surface area (Å²) in [4.78, 5) is 10.9. The van der Waals surface area contributed by atoms with Gasteiger partial charge < -0.3 is 0 Å².